The highest BCUT2D eigenvalue weighted by Gasteiger charge is 2.30. The fourth-order valence-corrected chi connectivity index (χ4v) is 2.36. The Morgan fingerprint density at radius 1 is 1.42 bits per heavy atom. The molecule has 1 fully saturated rings. The maximum Gasteiger partial charge on any atom is 0.167 e. The van der Waals surface area contributed by atoms with Gasteiger partial charge < -0.3 is 4.74 Å². The van der Waals surface area contributed by atoms with Crippen LogP contribution in [0.4, 0.5) is 4.39 Å². The number of morpholine rings is 1. The van der Waals surface area contributed by atoms with Crippen molar-refractivity contribution in [1.29, 1.82) is 0 Å². The van der Waals surface area contributed by atoms with Crippen molar-refractivity contribution in [3.05, 3.63) is 35.6 Å². The summed E-state index contributed by atoms with van der Waals surface area (Å²) in [5.74, 6) is -0.575. The summed E-state index contributed by atoms with van der Waals surface area (Å²) in [5, 5.41) is 0. The van der Waals surface area contributed by atoms with Crippen molar-refractivity contribution in [3.8, 4) is 0 Å². The monoisotopic (exact) mass is 265 g/mol. The third-order valence-electron chi connectivity index (χ3n) is 3.60. The largest absolute Gasteiger partial charge is 0.378 e. The van der Waals surface area contributed by atoms with Crippen molar-refractivity contribution >= 4 is 5.78 Å². The van der Waals surface area contributed by atoms with E-state index >= 15 is 0 Å². The Kier molecular flexibility index (Phi) is 4.32. The minimum atomic E-state index is -0.436. The van der Waals surface area contributed by atoms with Crippen LogP contribution in [-0.2, 0) is 4.74 Å². The van der Waals surface area contributed by atoms with Crippen molar-refractivity contribution < 1.29 is 13.9 Å². The summed E-state index contributed by atoms with van der Waals surface area (Å²) in [6.45, 7) is 7.01. The zero-order valence-corrected chi connectivity index (χ0v) is 11.5. The number of hydrogen-bond acceptors (Lipinski definition) is 3. The van der Waals surface area contributed by atoms with Gasteiger partial charge in [-0.3, -0.25) is 9.69 Å². The van der Waals surface area contributed by atoms with Gasteiger partial charge in [0.15, 0.2) is 5.78 Å². The Morgan fingerprint density at radius 2 is 2.16 bits per heavy atom. The van der Waals surface area contributed by atoms with Crippen LogP contribution in [0.2, 0.25) is 0 Å². The molecule has 0 N–H and O–H groups in total. The molecule has 0 atom stereocenters. The number of carbonyl (C=O) groups is 1. The maximum absolute atomic E-state index is 13.5. The van der Waals surface area contributed by atoms with Crippen LogP contribution < -0.4 is 0 Å². The first-order valence-corrected chi connectivity index (χ1v) is 6.61. The number of benzene rings is 1. The second-order valence-corrected chi connectivity index (χ2v) is 5.51. The van der Waals surface area contributed by atoms with Crippen LogP contribution in [0.3, 0.4) is 0 Å². The number of rotatable bonds is 4. The van der Waals surface area contributed by atoms with Crippen LogP contribution in [-0.4, -0.2) is 42.5 Å². The lowest BCUT2D eigenvalue weighted by Gasteiger charge is -2.42. The lowest BCUT2D eigenvalue weighted by Crippen LogP contribution is -2.53. The number of Topliss-reactive ketones (excluding diaryl/α,β-unsaturated/α-hetero) is 1. The first-order chi connectivity index (χ1) is 9.00. The van der Waals surface area contributed by atoms with E-state index in [1.165, 1.54) is 6.07 Å². The van der Waals surface area contributed by atoms with Gasteiger partial charge in [-0.15, -0.1) is 0 Å². The second kappa shape index (κ2) is 5.80. The molecule has 104 valence electrons. The van der Waals surface area contributed by atoms with Gasteiger partial charge in [-0.2, -0.15) is 0 Å². The van der Waals surface area contributed by atoms with Crippen LogP contribution in [0.25, 0.3) is 0 Å². The molecule has 1 aliphatic heterocycles. The van der Waals surface area contributed by atoms with Crippen LogP contribution in [0, 0.1) is 5.82 Å². The molecule has 19 heavy (non-hydrogen) atoms. The van der Waals surface area contributed by atoms with E-state index in [2.05, 4.69) is 18.7 Å². The lowest BCUT2D eigenvalue weighted by atomic mass is 10.0. The maximum atomic E-state index is 13.5. The number of ether oxygens (including phenoxy) is 1. The second-order valence-electron chi connectivity index (χ2n) is 5.51. The molecule has 0 bridgehead atoms. The molecule has 2 rings (SSSR count). The number of hydrogen-bond donors (Lipinski definition) is 0. The SMILES string of the molecule is CC1(C)COCCN1CCC(=O)c1ccccc1F. The van der Waals surface area contributed by atoms with Gasteiger partial charge in [0, 0.05) is 25.0 Å². The number of ketones is 1. The Labute approximate surface area is 113 Å². The van der Waals surface area contributed by atoms with Gasteiger partial charge in [-0.1, -0.05) is 12.1 Å². The normalized spacial score (nSPS) is 19.3. The van der Waals surface area contributed by atoms with Gasteiger partial charge in [0.1, 0.15) is 5.82 Å². The Hall–Kier alpha value is -1.26. The van der Waals surface area contributed by atoms with Crippen molar-refractivity contribution in [3.63, 3.8) is 0 Å². The Morgan fingerprint density at radius 3 is 2.84 bits per heavy atom. The molecule has 0 unspecified atom stereocenters. The van der Waals surface area contributed by atoms with Gasteiger partial charge in [-0.05, 0) is 26.0 Å². The third kappa shape index (κ3) is 3.39. The van der Waals surface area contributed by atoms with Gasteiger partial charge in [-0.25, -0.2) is 4.39 Å². The van der Waals surface area contributed by atoms with E-state index in [1.54, 1.807) is 18.2 Å². The topological polar surface area (TPSA) is 29.5 Å². The minimum absolute atomic E-state index is 0.0617. The fourth-order valence-electron chi connectivity index (χ4n) is 2.36. The molecule has 3 nitrogen and oxygen atoms in total. The van der Waals surface area contributed by atoms with E-state index in [0.29, 0.717) is 26.2 Å². The standard InChI is InChI=1S/C15H20FNO2/c1-15(2)11-19-10-9-17(15)8-7-14(18)12-5-3-4-6-13(12)16/h3-6H,7-11H2,1-2H3. The van der Waals surface area contributed by atoms with Crippen molar-refractivity contribution in [1.82, 2.24) is 4.90 Å². The molecule has 0 amide bonds. The molecule has 1 saturated heterocycles. The third-order valence-corrected chi connectivity index (χ3v) is 3.60. The van der Waals surface area contributed by atoms with E-state index < -0.39 is 5.82 Å². The highest BCUT2D eigenvalue weighted by atomic mass is 19.1. The molecule has 0 radical (unpaired) electrons. The zero-order valence-electron chi connectivity index (χ0n) is 11.5. The molecule has 4 heteroatoms. The van der Waals surface area contributed by atoms with Gasteiger partial charge in [0.05, 0.1) is 18.8 Å². The summed E-state index contributed by atoms with van der Waals surface area (Å²) < 4.78 is 18.9. The highest BCUT2D eigenvalue weighted by molar-refractivity contribution is 5.96. The van der Waals surface area contributed by atoms with E-state index in [-0.39, 0.29) is 16.9 Å². The average molecular weight is 265 g/mol. The Balaban J connectivity index is 1.95. The first-order valence-electron chi connectivity index (χ1n) is 6.61. The molecule has 0 aliphatic carbocycles. The number of halogens is 1. The minimum Gasteiger partial charge on any atom is -0.378 e. The molecular weight excluding hydrogens is 245 g/mol. The highest BCUT2D eigenvalue weighted by Crippen LogP contribution is 2.19. The molecule has 1 aromatic rings. The molecule has 0 saturated carbocycles. The molecular formula is C15H20FNO2. The summed E-state index contributed by atoms with van der Waals surface area (Å²) in [7, 11) is 0. The Bertz CT molecular complexity index is 459. The quantitative estimate of drug-likeness (QED) is 0.783. The zero-order chi connectivity index (χ0) is 13.9. The van der Waals surface area contributed by atoms with Gasteiger partial charge in [0.25, 0.3) is 0 Å². The van der Waals surface area contributed by atoms with E-state index in [4.69, 9.17) is 4.74 Å². The predicted molar refractivity (Wildman–Crippen MR) is 71.8 cm³/mol. The van der Waals surface area contributed by atoms with E-state index in [1.807, 2.05) is 0 Å². The van der Waals surface area contributed by atoms with Crippen molar-refractivity contribution in [2.75, 3.05) is 26.3 Å². The van der Waals surface area contributed by atoms with Crippen LogP contribution in [0.1, 0.15) is 30.6 Å². The smallest absolute Gasteiger partial charge is 0.167 e. The van der Waals surface area contributed by atoms with E-state index in [0.717, 1.165) is 6.54 Å². The van der Waals surface area contributed by atoms with Crippen molar-refractivity contribution in [2.45, 2.75) is 25.8 Å². The summed E-state index contributed by atoms with van der Waals surface area (Å²) in [5.41, 5.74) is 0.127. The van der Waals surface area contributed by atoms with Crippen LogP contribution in [0.5, 0.6) is 0 Å². The van der Waals surface area contributed by atoms with Gasteiger partial charge in [0.2, 0.25) is 0 Å². The summed E-state index contributed by atoms with van der Waals surface area (Å²) in [6, 6.07) is 6.15. The van der Waals surface area contributed by atoms with Gasteiger partial charge >= 0.3 is 0 Å². The number of nitrogens with zero attached hydrogens (tertiary/aromatic N) is 1. The summed E-state index contributed by atoms with van der Waals surface area (Å²) >= 11 is 0. The fraction of sp³-hybridized carbons (Fsp3) is 0.533. The summed E-state index contributed by atoms with van der Waals surface area (Å²) in [6.07, 6.45) is 0.338. The molecule has 0 aromatic heterocycles. The average Bonchev–Trinajstić information content (AvgIpc) is 2.37. The van der Waals surface area contributed by atoms with Crippen LogP contribution in [0.15, 0.2) is 24.3 Å². The van der Waals surface area contributed by atoms with Crippen LogP contribution >= 0.6 is 0 Å². The molecule has 1 heterocycles. The molecule has 1 aromatic carbocycles. The lowest BCUT2D eigenvalue weighted by molar-refractivity contribution is -0.0502. The number of carbonyl (C=O) groups excluding carboxylic acids is 1. The molecule has 0 spiro atoms. The van der Waals surface area contributed by atoms with E-state index in [9.17, 15) is 9.18 Å². The molecule has 1 aliphatic rings. The summed E-state index contributed by atoms with van der Waals surface area (Å²) in [4.78, 5) is 14.3. The van der Waals surface area contributed by atoms with Crippen molar-refractivity contribution in [2.24, 2.45) is 0 Å². The first kappa shape index (κ1) is 14.2. The predicted octanol–water partition coefficient (Wildman–Crippen LogP) is 2.51.